The quantitative estimate of drug-likeness (QED) is 0.802. The summed E-state index contributed by atoms with van der Waals surface area (Å²) in [4.78, 5) is 34.8. The third kappa shape index (κ3) is 3.18. The normalized spacial score (nSPS) is 18.8. The highest BCUT2D eigenvalue weighted by Gasteiger charge is 2.30. The number of nitrogens with zero attached hydrogens (tertiary/aromatic N) is 6. The predicted molar refractivity (Wildman–Crippen MR) is 109 cm³/mol. The van der Waals surface area contributed by atoms with Crippen LogP contribution in [0, 0.1) is 12.8 Å². The molecule has 0 unspecified atom stereocenters. The molecule has 4 rings (SSSR count). The van der Waals surface area contributed by atoms with Gasteiger partial charge in [0.15, 0.2) is 5.52 Å². The summed E-state index contributed by atoms with van der Waals surface area (Å²) in [5.41, 5.74) is 1.94. The number of hydrogen-bond donors (Lipinski definition) is 0. The Morgan fingerprint density at radius 1 is 1.11 bits per heavy atom. The van der Waals surface area contributed by atoms with E-state index in [4.69, 9.17) is 4.98 Å². The van der Waals surface area contributed by atoms with Crippen molar-refractivity contribution in [1.82, 2.24) is 24.2 Å². The Morgan fingerprint density at radius 3 is 2.43 bits per heavy atom. The van der Waals surface area contributed by atoms with Crippen LogP contribution in [0.4, 0.5) is 5.95 Å². The predicted octanol–water partition coefficient (Wildman–Crippen LogP) is 1.69. The fourth-order valence-corrected chi connectivity index (χ4v) is 4.66. The van der Waals surface area contributed by atoms with Gasteiger partial charge in [0.05, 0.1) is 5.69 Å². The summed E-state index contributed by atoms with van der Waals surface area (Å²) in [6.07, 6.45) is 5.68. The number of hydrogen-bond acceptors (Lipinski definition) is 5. The summed E-state index contributed by atoms with van der Waals surface area (Å²) < 4.78 is 3.35. The van der Waals surface area contributed by atoms with Crippen LogP contribution in [0.25, 0.3) is 11.0 Å². The van der Waals surface area contributed by atoms with E-state index in [9.17, 15) is 9.59 Å². The van der Waals surface area contributed by atoms with Gasteiger partial charge in [0.25, 0.3) is 5.56 Å². The zero-order chi connectivity index (χ0) is 19.8. The molecule has 0 N–H and O–H groups in total. The fourth-order valence-electron chi connectivity index (χ4n) is 4.66. The van der Waals surface area contributed by atoms with Gasteiger partial charge in [0.1, 0.15) is 5.52 Å². The van der Waals surface area contributed by atoms with Crippen LogP contribution >= 0.6 is 0 Å². The molecule has 0 spiro atoms. The first kappa shape index (κ1) is 19.0. The highest BCUT2D eigenvalue weighted by atomic mass is 16.2. The summed E-state index contributed by atoms with van der Waals surface area (Å²) in [6.45, 7) is 7.20. The monoisotopic (exact) mass is 386 g/mol. The molecule has 1 amide bonds. The Kier molecular flexibility index (Phi) is 5.12. The molecular formula is C20H30N6O2. The van der Waals surface area contributed by atoms with Crippen molar-refractivity contribution in [2.75, 3.05) is 31.1 Å². The van der Waals surface area contributed by atoms with E-state index in [1.165, 1.54) is 19.3 Å². The van der Waals surface area contributed by atoms with Crippen LogP contribution in [-0.4, -0.2) is 56.3 Å². The molecule has 2 aromatic rings. The highest BCUT2D eigenvalue weighted by Crippen LogP contribution is 2.26. The Morgan fingerprint density at radius 2 is 1.79 bits per heavy atom. The third-order valence-corrected chi connectivity index (χ3v) is 6.24. The van der Waals surface area contributed by atoms with Crippen molar-refractivity contribution in [2.24, 2.45) is 13.0 Å². The molecule has 8 heteroatoms. The second-order valence-corrected chi connectivity index (χ2v) is 8.01. The van der Waals surface area contributed by atoms with Crippen LogP contribution in [0.2, 0.25) is 0 Å². The third-order valence-electron chi connectivity index (χ3n) is 6.24. The first-order valence-corrected chi connectivity index (χ1v) is 10.5. The molecule has 2 aliphatic rings. The van der Waals surface area contributed by atoms with Crippen molar-refractivity contribution < 1.29 is 4.79 Å². The van der Waals surface area contributed by atoms with Gasteiger partial charge in [-0.2, -0.15) is 5.10 Å². The van der Waals surface area contributed by atoms with Gasteiger partial charge in [-0.3, -0.25) is 18.8 Å². The van der Waals surface area contributed by atoms with E-state index < -0.39 is 0 Å². The largest absolute Gasteiger partial charge is 0.339 e. The van der Waals surface area contributed by atoms with Gasteiger partial charge in [-0.25, -0.2) is 4.98 Å². The van der Waals surface area contributed by atoms with Crippen molar-refractivity contribution in [3.63, 3.8) is 0 Å². The van der Waals surface area contributed by atoms with E-state index in [2.05, 4.69) is 10.00 Å². The van der Waals surface area contributed by atoms with Crippen LogP contribution in [0.3, 0.4) is 0 Å². The molecule has 1 saturated carbocycles. The molecule has 3 heterocycles. The molecule has 0 aromatic carbocycles. The summed E-state index contributed by atoms with van der Waals surface area (Å²) in [5.74, 6) is 1.22. The molecule has 1 aliphatic heterocycles. The molecule has 2 fully saturated rings. The zero-order valence-corrected chi connectivity index (χ0v) is 17.1. The number of carbonyl (C=O) groups is 1. The Hall–Kier alpha value is -2.38. The Labute approximate surface area is 165 Å². The van der Waals surface area contributed by atoms with E-state index in [-0.39, 0.29) is 11.5 Å². The Bertz CT molecular complexity index is 932. The van der Waals surface area contributed by atoms with Gasteiger partial charge in [-0.05, 0) is 26.7 Å². The first-order chi connectivity index (χ1) is 13.5. The number of aromatic nitrogens is 4. The van der Waals surface area contributed by atoms with E-state index in [0.29, 0.717) is 55.6 Å². The van der Waals surface area contributed by atoms with Crippen molar-refractivity contribution in [2.45, 2.75) is 52.5 Å². The number of amides is 1. The lowest BCUT2D eigenvalue weighted by atomic mass is 9.88. The lowest BCUT2D eigenvalue weighted by Gasteiger charge is -2.38. The molecule has 0 bridgehead atoms. The number of fused-ring (bicyclic) bond motifs is 1. The highest BCUT2D eigenvalue weighted by molar-refractivity contribution is 5.79. The van der Waals surface area contributed by atoms with Crippen molar-refractivity contribution in [1.29, 1.82) is 0 Å². The van der Waals surface area contributed by atoms with Crippen LogP contribution in [0.5, 0.6) is 0 Å². The van der Waals surface area contributed by atoms with Gasteiger partial charge in [0.2, 0.25) is 11.9 Å². The van der Waals surface area contributed by atoms with Gasteiger partial charge in [-0.1, -0.05) is 19.3 Å². The molecule has 8 nitrogen and oxygen atoms in total. The summed E-state index contributed by atoms with van der Waals surface area (Å²) in [6, 6.07) is 0. The SMILES string of the molecule is CCn1c(N2CCN(C(=O)C3CCCCC3)CC2)nc2c(C)nn(C)c2c1=O. The average Bonchev–Trinajstić information content (AvgIpc) is 3.01. The fraction of sp³-hybridized carbons (Fsp3) is 0.700. The van der Waals surface area contributed by atoms with Crippen molar-refractivity contribution in [3.05, 3.63) is 16.0 Å². The van der Waals surface area contributed by atoms with Gasteiger partial charge < -0.3 is 9.80 Å². The van der Waals surface area contributed by atoms with Crippen LogP contribution in [0.1, 0.15) is 44.7 Å². The molecule has 1 saturated heterocycles. The van der Waals surface area contributed by atoms with Crippen molar-refractivity contribution >= 4 is 22.9 Å². The van der Waals surface area contributed by atoms with Crippen LogP contribution < -0.4 is 10.5 Å². The minimum atomic E-state index is -0.0497. The molecule has 2 aromatic heterocycles. The molecule has 0 atom stereocenters. The van der Waals surface area contributed by atoms with E-state index in [0.717, 1.165) is 18.5 Å². The maximum absolute atomic E-state index is 13.0. The van der Waals surface area contributed by atoms with E-state index >= 15 is 0 Å². The lowest BCUT2D eigenvalue weighted by molar-refractivity contribution is -0.136. The van der Waals surface area contributed by atoms with E-state index in [1.54, 1.807) is 16.3 Å². The average molecular weight is 387 g/mol. The number of carbonyl (C=O) groups excluding carboxylic acids is 1. The molecule has 1 aliphatic carbocycles. The smallest absolute Gasteiger partial charge is 0.281 e. The topological polar surface area (TPSA) is 76.3 Å². The van der Waals surface area contributed by atoms with Gasteiger partial charge in [-0.15, -0.1) is 0 Å². The van der Waals surface area contributed by atoms with Crippen LogP contribution in [-0.2, 0) is 18.4 Å². The summed E-state index contributed by atoms with van der Waals surface area (Å²) in [7, 11) is 1.79. The maximum atomic E-state index is 13.0. The number of anilines is 1. The standard InChI is InChI=1S/C20H30N6O2/c1-4-26-19(28)17-16(14(2)22-23(17)3)21-20(26)25-12-10-24(11-13-25)18(27)15-8-6-5-7-9-15/h15H,4-13H2,1-3H3. The molecule has 152 valence electrons. The van der Waals surface area contributed by atoms with Crippen molar-refractivity contribution in [3.8, 4) is 0 Å². The number of piperazine rings is 1. The van der Waals surface area contributed by atoms with Gasteiger partial charge in [0, 0.05) is 45.7 Å². The minimum absolute atomic E-state index is 0.0497. The summed E-state index contributed by atoms with van der Waals surface area (Å²) >= 11 is 0. The second kappa shape index (κ2) is 7.56. The molecule has 28 heavy (non-hydrogen) atoms. The van der Waals surface area contributed by atoms with Crippen LogP contribution in [0.15, 0.2) is 4.79 Å². The first-order valence-electron chi connectivity index (χ1n) is 10.5. The molecular weight excluding hydrogens is 356 g/mol. The lowest BCUT2D eigenvalue weighted by Crippen LogP contribution is -2.51. The molecule has 0 radical (unpaired) electrons. The maximum Gasteiger partial charge on any atom is 0.281 e. The van der Waals surface area contributed by atoms with E-state index in [1.807, 2.05) is 18.7 Å². The second-order valence-electron chi connectivity index (χ2n) is 8.01. The minimum Gasteiger partial charge on any atom is -0.339 e. The van der Waals surface area contributed by atoms with Gasteiger partial charge >= 0.3 is 0 Å². The zero-order valence-electron chi connectivity index (χ0n) is 17.1. The Balaban J connectivity index is 1.56. The number of aryl methyl sites for hydroxylation is 2. The number of rotatable bonds is 3. The summed E-state index contributed by atoms with van der Waals surface area (Å²) in [5, 5.41) is 4.37.